The third kappa shape index (κ3) is 0.889. The summed E-state index contributed by atoms with van der Waals surface area (Å²) in [4.78, 5) is 0. The molecule has 2 aliphatic carbocycles. The molecule has 0 heterocycles. The van der Waals surface area contributed by atoms with Crippen molar-refractivity contribution in [1.82, 2.24) is 0 Å². The van der Waals surface area contributed by atoms with Crippen molar-refractivity contribution in [2.75, 3.05) is 0 Å². The van der Waals surface area contributed by atoms with Gasteiger partial charge in [0.05, 0.1) is 0 Å². The van der Waals surface area contributed by atoms with Crippen LogP contribution in [-0.2, 0) is 0 Å². The quantitative estimate of drug-likeness (QED) is 0.522. The van der Waals surface area contributed by atoms with E-state index in [1.807, 2.05) is 0 Å². The Bertz CT molecular complexity index is 114. The van der Waals surface area contributed by atoms with Crippen LogP contribution < -0.4 is 0 Å². The molecular formula is C10H18. The molecule has 0 N–H and O–H groups in total. The Kier molecular flexibility index (Phi) is 1.51. The van der Waals surface area contributed by atoms with Gasteiger partial charge in [-0.05, 0) is 36.5 Å². The molecule has 0 aromatic rings. The Morgan fingerprint density at radius 3 is 1.90 bits per heavy atom. The summed E-state index contributed by atoms with van der Waals surface area (Å²) in [5.41, 5.74) is 0. The number of rotatable bonds is 1. The van der Waals surface area contributed by atoms with Gasteiger partial charge in [0.2, 0.25) is 0 Å². The van der Waals surface area contributed by atoms with Gasteiger partial charge in [-0.3, -0.25) is 0 Å². The molecule has 58 valence electrons. The summed E-state index contributed by atoms with van der Waals surface area (Å²) in [5.74, 6) is 4.41. The summed E-state index contributed by atoms with van der Waals surface area (Å²) >= 11 is 0. The fraction of sp³-hybridized carbons (Fsp3) is 1.00. The first-order chi connectivity index (χ1) is 4.80. The molecule has 2 atom stereocenters. The molecule has 2 aliphatic rings. The molecule has 0 radical (unpaired) electrons. The van der Waals surface area contributed by atoms with E-state index in [1.165, 1.54) is 12.8 Å². The molecule has 0 aromatic carbocycles. The topological polar surface area (TPSA) is 0 Å². The lowest BCUT2D eigenvalue weighted by atomic mass is 10.0. The zero-order chi connectivity index (χ0) is 7.14. The monoisotopic (exact) mass is 138 g/mol. The third-order valence-corrected chi connectivity index (χ3v) is 3.49. The summed E-state index contributed by atoms with van der Waals surface area (Å²) < 4.78 is 0. The number of hydrogen-bond donors (Lipinski definition) is 0. The van der Waals surface area contributed by atoms with Gasteiger partial charge in [0, 0.05) is 0 Å². The number of hydrogen-bond acceptors (Lipinski definition) is 0. The lowest BCUT2D eigenvalue weighted by molar-refractivity contribution is 0.480. The van der Waals surface area contributed by atoms with Crippen LogP contribution in [0.25, 0.3) is 0 Å². The summed E-state index contributed by atoms with van der Waals surface area (Å²) in [6, 6.07) is 0. The van der Waals surface area contributed by atoms with Crippen LogP contribution in [0.3, 0.4) is 0 Å². The van der Waals surface area contributed by atoms with Crippen LogP contribution >= 0.6 is 0 Å². The largest absolute Gasteiger partial charge is 0.0625 e. The van der Waals surface area contributed by atoms with Crippen molar-refractivity contribution >= 4 is 0 Å². The first-order valence-electron chi connectivity index (χ1n) is 4.80. The lowest BCUT2D eigenvalue weighted by Crippen LogP contribution is -1.91. The van der Waals surface area contributed by atoms with Crippen molar-refractivity contribution in [3.63, 3.8) is 0 Å². The molecule has 2 saturated carbocycles. The molecule has 0 aromatic heterocycles. The van der Waals surface area contributed by atoms with Gasteiger partial charge < -0.3 is 0 Å². The Morgan fingerprint density at radius 1 is 1.00 bits per heavy atom. The van der Waals surface area contributed by atoms with E-state index in [0.717, 1.165) is 23.7 Å². The first kappa shape index (κ1) is 6.69. The van der Waals surface area contributed by atoms with Crippen LogP contribution in [0, 0.1) is 23.7 Å². The Balaban J connectivity index is 1.93. The number of fused-ring (bicyclic) bond motifs is 1. The molecule has 0 saturated heterocycles. The van der Waals surface area contributed by atoms with Gasteiger partial charge in [0.1, 0.15) is 0 Å². The highest BCUT2D eigenvalue weighted by Crippen LogP contribution is 2.58. The van der Waals surface area contributed by atoms with Crippen molar-refractivity contribution in [1.29, 1.82) is 0 Å². The third-order valence-electron chi connectivity index (χ3n) is 3.49. The predicted octanol–water partition coefficient (Wildman–Crippen LogP) is 3.08. The van der Waals surface area contributed by atoms with Gasteiger partial charge >= 0.3 is 0 Å². The Hall–Kier alpha value is 0. The molecule has 0 bridgehead atoms. The van der Waals surface area contributed by atoms with Gasteiger partial charge in [0.15, 0.2) is 0 Å². The van der Waals surface area contributed by atoms with Crippen LogP contribution in [0.4, 0.5) is 0 Å². The van der Waals surface area contributed by atoms with Crippen molar-refractivity contribution in [2.45, 2.75) is 39.5 Å². The van der Waals surface area contributed by atoms with Gasteiger partial charge in [-0.1, -0.05) is 26.7 Å². The SMILES string of the molecule is CC(C)C1C2CCCCC21. The zero-order valence-corrected chi connectivity index (χ0v) is 7.14. The van der Waals surface area contributed by atoms with E-state index in [9.17, 15) is 0 Å². The maximum absolute atomic E-state index is 2.39. The smallest absolute Gasteiger partial charge is 0.0329 e. The van der Waals surface area contributed by atoms with Crippen LogP contribution in [-0.4, -0.2) is 0 Å². The van der Waals surface area contributed by atoms with E-state index in [0.29, 0.717) is 0 Å². The molecule has 10 heavy (non-hydrogen) atoms. The normalized spacial score (nSPS) is 45.3. The van der Waals surface area contributed by atoms with Crippen molar-refractivity contribution in [3.05, 3.63) is 0 Å². The molecule has 2 unspecified atom stereocenters. The second-order valence-corrected chi connectivity index (χ2v) is 4.43. The molecule has 0 aliphatic heterocycles. The van der Waals surface area contributed by atoms with Gasteiger partial charge in [-0.15, -0.1) is 0 Å². The molecule has 2 fully saturated rings. The second kappa shape index (κ2) is 2.25. The van der Waals surface area contributed by atoms with E-state index >= 15 is 0 Å². The second-order valence-electron chi connectivity index (χ2n) is 4.43. The van der Waals surface area contributed by atoms with E-state index in [2.05, 4.69) is 13.8 Å². The maximum atomic E-state index is 2.39. The molecule has 2 rings (SSSR count). The van der Waals surface area contributed by atoms with E-state index in [4.69, 9.17) is 0 Å². The van der Waals surface area contributed by atoms with Gasteiger partial charge in [-0.2, -0.15) is 0 Å². The molecule has 0 spiro atoms. The molecular weight excluding hydrogens is 120 g/mol. The summed E-state index contributed by atoms with van der Waals surface area (Å²) in [6.45, 7) is 4.78. The average molecular weight is 138 g/mol. The minimum absolute atomic E-state index is 0.966. The highest BCUT2D eigenvalue weighted by Gasteiger charge is 2.51. The van der Waals surface area contributed by atoms with Crippen LogP contribution in [0.5, 0.6) is 0 Å². The van der Waals surface area contributed by atoms with E-state index in [-0.39, 0.29) is 0 Å². The van der Waals surface area contributed by atoms with Crippen molar-refractivity contribution < 1.29 is 0 Å². The standard InChI is InChI=1S/C10H18/c1-7(2)10-8-5-3-4-6-9(8)10/h7-10H,3-6H2,1-2H3. The fourth-order valence-electron chi connectivity index (χ4n) is 3.04. The first-order valence-corrected chi connectivity index (χ1v) is 4.80. The van der Waals surface area contributed by atoms with E-state index in [1.54, 1.807) is 12.8 Å². The van der Waals surface area contributed by atoms with Crippen molar-refractivity contribution in [3.8, 4) is 0 Å². The maximum Gasteiger partial charge on any atom is -0.0329 e. The summed E-state index contributed by atoms with van der Waals surface area (Å²) in [5, 5.41) is 0. The average Bonchev–Trinajstić information content (AvgIpc) is 2.60. The molecule has 0 heteroatoms. The minimum atomic E-state index is 0.966. The van der Waals surface area contributed by atoms with Crippen LogP contribution in [0.2, 0.25) is 0 Å². The minimum Gasteiger partial charge on any atom is -0.0625 e. The highest BCUT2D eigenvalue weighted by molar-refractivity contribution is 4.99. The van der Waals surface area contributed by atoms with Crippen LogP contribution in [0.1, 0.15) is 39.5 Å². The van der Waals surface area contributed by atoms with Crippen molar-refractivity contribution in [2.24, 2.45) is 23.7 Å². The molecule has 0 amide bonds. The summed E-state index contributed by atoms with van der Waals surface area (Å²) in [7, 11) is 0. The fourth-order valence-corrected chi connectivity index (χ4v) is 3.04. The predicted molar refractivity (Wildman–Crippen MR) is 43.8 cm³/mol. The van der Waals surface area contributed by atoms with Gasteiger partial charge in [-0.25, -0.2) is 0 Å². The summed E-state index contributed by atoms with van der Waals surface area (Å²) in [6.07, 6.45) is 6.13. The molecule has 0 nitrogen and oxygen atoms in total. The zero-order valence-electron chi connectivity index (χ0n) is 7.14. The Labute approximate surface area is 64.0 Å². The highest BCUT2D eigenvalue weighted by atomic mass is 14.6. The van der Waals surface area contributed by atoms with Gasteiger partial charge in [0.25, 0.3) is 0 Å². The lowest BCUT2D eigenvalue weighted by Gasteiger charge is -2.05. The Morgan fingerprint density at radius 2 is 1.50 bits per heavy atom. The van der Waals surface area contributed by atoms with Crippen LogP contribution in [0.15, 0.2) is 0 Å². The van der Waals surface area contributed by atoms with E-state index < -0.39 is 0 Å².